The van der Waals surface area contributed by atoms with Gasteiger partial charge in [0.1, 0.15) is 0 Å². The fourth-order valence-corrected chi connectivity index (χ4v) is 4.23. The molecule has 0 radical (unpaired) electrons. The molecule has 11 heteroatoms. The van der Waals surface area contributed by atoms with Gasteiger partial charge in [-0.25, -0.2) is 13.1 Å². The highest BCUT2D eigenvalue weighted by Crippen LogP contribution is 2.15. The molecule has 1 aromatic carbocycles. The largest absolute Gasteiger partial charge is 0.401 e. The van der Waals surface area contributed by atoms with E-state index >= 15 is 0 Å². The average Bonchev–Trinajstić information content (AvgIpc) is 3.16. The summed E-state index contributed by atoms with van der Waals surface area (Å²) in [5.74, 6) is -0.418. The molecule has 0 aliphatic heterocycles. The van der Waals surface area contributed by atoms with Crippen LogP contribution in [0.1, 0.15) is 21.7 Å². The van der Waals surface area contributed by atoms with Gasteiger partial charge in [0.2, 0.25) is 10.0 Å². The lowest BCUT2D eigenvalue weighted by Crippen LogP contribution is -2.33. The molecule has 6 nitrogen and oxygen atoms in total. The van der Waals surface area contributed by atoms with Crippen molar-refractivity contribution in [3.8, 4) is 0 Å². The van der Waals surface area contributed by atoms with Crippen molar-refractivity contribution < 1.29 is 26.4 Å². The zero-order valence-corrected chi connectivity index (χ0v) is 17.3. The molecule has 2 aromatic rings. The van der Waals surface area contributed by atoms with Crippen LogP contribution in [0.4, 0.5) is 13.2 Å². The lowest BCUT2D eigenvalue weighted by Gasteiger charge is -2.18. The molecule has 2 rings (SSSR count). The topological polar surface area (TPSA) is 78.5 Å². The second kappa shape index (κ2) is 10.2. The Hall–Kier alpha value is -1.95. The molecule has 0 unspecified atom stereocenters. The summed E-state index contributed by atoms with van der Waals surface area (Å²) in [6.07, 6.45) is -3.89. The molecular weight excluding hydrogens is 427 g/mol. The Labute approximate surface area is 171 Å². The van der Waals surface area contributed by atoms with Crippen molar-refractivity contribution in [2.45, 2.75) is 24.0 Å². The molecule has 0 aliphatic rings. The maximum absolute atomic E-state index is 12.3. The Bertz CT molecular complexity index is 883. The Morgan fingerprint density at radius 3 is 2.45 bits per heavy atom. The first-order chi connectivity index (χ1) is 13.6. The predicted octanol–water partition coefficient (Wildman–Crippen LogP) is 2.84. The maximum atomic E-state index is 12.3. The van der Waals surface area contributed by atoms with E-state index in [2.05, 4.69) is 10.0 Å². The third-order valence-corrected chi connectivity index (χ3v) is 6.19. The maximum Gasteiger partial charge on any atom is 0.401 e. The van der Waals surface area contributed by atoms with E-state index in [1.165, 1.54) is 42.6 Å². The molecule has 0 atom stereocenters. The standard InChI is InChI=1S/C18H22F3N3O3S2/c1-24(13-18(19,20)21)10-3-9-22-17(25)14-5-7-16(8-6-14)29(26,27)23-12-15-4-2-11-28-15/h2,4-8,11,23H,3,9-10,12-13H2,1H3,(H,22,25). The zero-order valence-electron chi connectivity index (χ0n) is 15.7. The molecule has 1 heterocycles. The lowest BCUT2D eigenvalue weighted by molar-refractivity contribution is -0.143. The van der Waals surface area contributed by atoms with Crippen molar-refractivity contribution in [3.63, 3.8) is 0 Å². The van der Waals surface area contributed by atoms with Crippen LogP contribution in [-0.4, -0.2) is 52.1 Å². The monoisotopic (exact) mass is 449 g/mol. The van der Waals surface area contributed by atoms with Crippen molar-refractivity contribution in [2.24, 2.45) is 0 Å². The molecule has 0 saturated carbocycles. The fraction of sp³-hybridized carbons (Fsp3) is 0.389. The van der Waals surface area contributed by atoms with Gasteiger partial charge in [-0.15, -0.1) is 11.3 Å². The van der Waals surface area contributed by atoms with Crippen molar-refractivity contribution in [1.29, 1.82) is 0 Å². The van der Waals surface area contributed by atoms with Crippen LogP contribution in [0.5, 0.6) is 0 Å². The van der Waals surface area contributed by atoms with Gasteiger partial charge in [0, 0.05) is 23.5 Å². The summed E-state index contributed by atoms with van der Waals surface area (Å²) in [7, 11) is -2.33. The van der Waals surface area contributed by atoms with Gasteiger partial charge >= 0.3 is 6.18 Å². The van der Waals surface area contributed by atoms with Crippen LogP contribution < -0.4 is 10.0 Å². The molecular formula is C18H22F3N3O3S2. The van der Waals surface area contributed by atoms with Crippen molar-refractivity contribution >= 4 is 27.3 Å². The highest BCUT2D eigenvalue weighted by Gasteiger charge is 2.28. The van der Waals surface area contributed by atoms with Crippen molar-refractivity contribution in [3.05, 3.63) is 52.2 Å². The van der Waals surface area contributed by atoms with E-state index in [1.54, 1.807) is 0 Å². The first-order valence-electron chi connectivity index (χ1n) is 8.72. The fourth-order valence-electron chi connectivity index (χ4n) is 2.49. The number of carbonyl (C=O) groups is 1. The molecule has 0 spiro atoms. The van der Waals surface area contributed by atoms with Gasteiger partial charge in [-0.05, 0) is 55.7 Å². The Morgan fingerprint density at radius 2 is 1.86 bits per heavy atom. The quantitative estimate of drug-likeness (QED) is 0.547. The minimum absolute atomic E-state index is 0.0411. The van der Waals surface area contributed by atoms with Crippen molar-refractivity contribution in [1.82, 2.24) is 14.9 Å². The molecule has 1 aromatic heterocycles. The van der Waals surface area contributed by atoms with Gasteiger partial charge in [0.05, 0.1) is 11.4 Å². The second-order valence-electron chi connectivity index (χ2n) is 6.39. The summed E-state index contributed by atoms with van der Waals surface area (Å²) in [5.41, 5.74) is 0.269. The third-order valence-electron chi connectivity index (χ3n) is 3.89. The Morgan fingerprint density at radius 1 is 1.17 bits per heavy atom. The van der Waals surface area contributed by atoms with E-state index < -0.39 is 28.7 Å². The molecule has 160 valence electrons. The summed E-state index contributed by atoms with van der Waals surface area (Å²) >= 11 is 1.44. The average molecular weight is 450 g/mol. The normalized spacial score (nSPS) is 12.3. The summed E-state index contributed by atoms with van der Waals surface area (Å²) in [4.78, 5) is 14.1. The number of hydrogen-bond donors (Lipinski definition) is 2. The molecule has 2 N–H and O–H groups in total. The minimum atomic E-state index is -4.25. The summed E-state index contributed by atoms with van der Waals surface area (Å²) < 4.78 is 63.8. The number of sulfonamides is 1. The third kappa shape index (κ3) is 8.13. The van der Waals surface area contributed by atoms with Crippen LogP contribution >= 0.6 is 11.3 Å². The molecule has 0 fully saturated rings. The van der Waals surface area contributed by atoms with Crippen LogP contribution in [0.25, 0.3) is 0 Å². The number of hydrogen-bond acceptors (Lipinski definition) is 5. The van der Waals surface area contributed by atoms with E-state index in [0.717, 1.165) is 9.78 Å². The summed E-state index contributed by atoms with van der Waals surface area (Å²) in [5, 5.41) is 4.46. The number of halogens is 3. The number of nitrogens with one attached hydrogen (secondary N) is 2. The lowest BCUT2D eigenvalue weighted by atomic mass is 10.2. The van der Waals surface area contributed by atoms with Crippen LogP contribution in [0.15, 0.2) is 46.7 Å². The van der Waals surface area contributed by atoms with E-state index in [4.69, 9.17) is 0 Å². The number of thiophene rings is 1. The molecule has 1 amide bonds. The molecule has 0 aliphatic carbocycles. The van der Waals surface area contributed by atoms with Crippen LogP contribution in [0.3, 0.4) is 0 Å². The number of amides is 1. The van der Waals surface area contributed by atoms with E-state index in [-0.39, 0.29) is 30.1 Å². The van der Waals surface area contributed by atoms with E-state index in [9.17, 15) is 26.4 Å². The van der Waals surface area contributed by atoms with Gasteiger partial charge in [-0.2, -0.15) is 13.2 Å². The van der Waals surface area contributed by atoms with E-state index in [0.29, 0.717) is 6.42 Å². The second-order valence-corrected chi connectivity index (χ2v) is 9.19. The van der Waals surface area contributed by atoms with Gasteiger partial charge < -0.3 is 5.32 Å². The number of carbonyl (C=O) groups excluding carboxylic acids is 1. The van der Waals surface area contributed by atoms with Crippen molar-refractivity contribution in [2.75, 3.05) is 26.7 Å². The minimum Gasteiger partial charge on any atom is -0.352 e. The van der Waals surface area contributed by atoms with Gasteiger partial charge in [0.25, 0.3) is 5.91 Å². The van der Waals surface area contributed by atoms with Crippen LogP contribution in [0, 0.1) is 0 Å². The summed E-state index contributed by atoms with van der Waals surface area (Å²) in [6.45, 7) is -0.418. The predicted molar refractivity (Wildman–Crippen MR) is 105 cm³/mol. The van der Waals surface area contributed by atoms with Gasteiger partial charge in [0.15, 0.2) is 0 Å². The number of alkyl halides is 3. The van der Waals surface area contributed by atoms with Crippen LogP contribution in [0.2, 0.25) is 0 Å². The van der Waals surface area contributed by atoms with Crippen LogP contribution in [-0.2, 0) is 16.6 Å². The number of rotatable bonds is 10. The van der Waals surface area contributed by atoms with Gasteiger partial charge in [-0.3, -0.25) is 9.69 Å². The number of nitrogens with zero attached hydrogens (tertiary/aromatic N) is 1. The zero-order chi connectivity index (χ0) is 21.5. The SMILES string of the molecule is CN(CCCNC(=O)c1ccc(S(=O)(=O)NCc2cccs2)cc1)CC(F)(F)F. The molecule has 29 heavy (non-hydrogen) atoms. The first-order valence-corrected chi connectivity index (χ1v) is 11.1. The first kappa shape index (κ1) is 23.3. The number of benzene rings is 1. The summed E-state index contributed by atoms with van der Waals surface area (Å²) in [6, 6.07) is 9.11. The molecule has 0 saturated heterocycles. The van der Waals surface area contributed by atoms with E-state index in [1.807, 2.05) is 17.5 Å². The molecule has 0 bridgehead atoms. The van der Waals surface area contributed by atoms with Gasteiger partial charge in [-0.1, -0.05) is 6.07 Å². The Balaban J connectivity index is 1.80. The highest BCUT2D eigenvalue weighted by molar-refractivity contribution is 7.89. The smallest absolute Gasteiger partial charge is 0.352 e. The Kier molecular flexibility index (Phi) is 8.20. The highest BCUT2D eigenvalue weighted by atomic mass is 32.2.